The number of hydrogen-bond acceptors (Lipinski definition) is 5. The quantitative estimate of drug-likeness (QED) is 0.654. The van der Waals surface area contributed by atoms with E-state index in [1.54, 1.807) is 0 Å². The Morgan fingerprint density at radius 2 is 2.00 bits per heavy atom. The van der Waals surface area contributed by atoms with E-state index in [1.165, 1.54) is 13.2 Å². The van der Waals surface area contributed by atoms with Gasteiger partial charge in [-0.3, -0.25) is 19.3 Å². The summed E-state index contributed by atoms with van der Waals surface area (Å²) in [4.78, 5) is 37.3. The Morgan fingerprint density at radius 1 is 1.32 bits per heavy atom. The predicted molar refractivity (Wildman–Crippen MR) is 88.3 cm³/mol. The normalized spacial score (nSPS) is 11.2. The predicted octanol–water partition coefficient (Wildman–Crippen LogP) is -0.486. The van der Waals surface area contributed by atoms with Crippen LogP contribution < -0.4 is 21.3 Å². The second-order valence-electron chi connectivity index (χ2n) is 5.27. The van der Waals surface area contributed by atoms with Crippen molar-refractivity contribution in [3.63, 3.8) is 0 Å². The molecule has 0 unspecified atom stereocenters. The minimum absolute atomic E-state index is 0.101. The number of amides is 1. The number of aryl methyl sites for hydroxylation is 1. The van der Waals surface area contributed by atoms with Crippen LogP contribution in [0.5, 0.6) is 0 Å². The minimum Gasteiger partial charge on any atom is -0.348 e. The fourth-order valence-corrected chi connectivity index (χ4v) is 2.58. The molecule has 9 nitrogen and oxygen atoms in total. The van der Waals surface area contributed by atoms with Gasteiger partial charge in [-0.25, -0.2) is 17.6 Å². The fourth-order valence-electron chi connectivity index (χ4n) is 2.01. The third-order valence-corrected chi connectivity index (χ3v) is 3.73. The Bertz CT molecular complexity index is 1040. The molecule has 3 N–H and O–H groups in total. The maximum Gasteiger partial charge on any atom is 0.328 e. The Hall–Kier alpha value is -2.95. The van der Waals surface area contributed by atoms with Crippen LogP contribution in [0.15, 0.2) is 34.0 Å². The molecule has 0 atom stereocenters. The molecule has 0 aliphatic heterocycles. The van der Waals surface area contributed by atoms with Gasteiger partial charge in [-0.15, -0.1) is 0 Å². The SMILES string of the molecule is Cn1cc(CNC(=O)c2cc(F)ccc2NS(C)(=O)=O)c(=O)[nH]c1=O. The first-order valence-corrected chi connectivity index (χ1v) is 8.80. The zero-order valence-corrected chi connectivity index (χ0v) is 14.1. The molecule has 2 rings (SSSR count). The maximum absolute atomic E-state index is 13.4. The largest absolute Gasteiger partial charge is 0.348 e. The number of H-pyrrole nitrogens is 1. The minimum atomic E-state index is -3.68. The summed E-state index contributed by atoms with van der Waals surface area (Å²) in [6.07, 6.45) is 2.14. The van der Waals surface area contributed by atoms with Crippen molar-refractivity contribution in [1.29, 1.82) is 0 Å². The van der Waals surface area contributed by atoms with Crippen molar-refractivity contribution in [2.24, 2.45) is 7.05 Å². The lowest BCUT2D eigenvalue weighted by atomic mass is 10.1. The summed E-state index contributed by atoms with van der Waals surface area (Å²) in [5.74, 6) is -1.52. The average molecular weight is 370 g/mol. The highest BCUT2D eigenvalue weighted by atomic mass is 32.2. The second-order valence-corrected chi connectivity index (χ2v) is 7.02. The van der Waals surface area contributed by atoms with E-state index in [9.17, 15) is 27.2 Å². The van der Waals surface area contributed by atoms with E-state index in [1.807, 2.05) is 0 Å². The van der Waals surface area contributed by atoms with E-state index in [4.69, 9.17) is 0 Å². The van der Waals surface area contributed by atoms with Crippen molar-refractivity contribution in [1.82, 2.24) is 14.9 Å². The molecule has 2 aromatic rings. The van der Waals surface area contributed by atoms with Crippen LogP contribution in [0.1, 0.15) is 15.9 Å². The highest BCUT2D eigenvalue weighted by Crippen LogP contribution is 2.18. The van der Waals surface area contributed by atoms with E-state index in [2.05, 4.69) is 15.0 Å². The zero-order valence-electron chi connectivity index (χ0n) is 13.3. The monoisotopic (exact) mass is 370 g/mol. The van der Waals surface area contributed by atoms with E-state index in [0.717, 1.165) is 29.0 Å². The van der Waals surface area contributed by atoms with Crippen LogP contribution in [0.25, 0.3) is 0 Å². The number of nitrogens with one attached hydrogen (secondary N) is 3. The number of sulfonamides is 1. The van der Waals surface area contributed by atoms with Crippen LogP contribution >= 0.6 is 0 Å². The van der Waals surface area contributed by atoms with Gasteiger partial charge in [0.2, 0.25) is 10.0 Å². The van der Waals surface area contributed by atoms with E-state index in [0.29, 0.717) is 0 Å². The number of carbonyl (C=O) groups is 1. The number of anilines is 1. The van der Waals surface area contributed by atoms with Crippen LogP contribution in [0.3, 0.4) is 0 Å². The molecule has 1 heterocycles. The van der Waals surface area contributed by atoms with Crippen LogP contribution in [0, 0.1) is 5.82 Å². The molecule has 0 aliphatic rings. The molecular formula is C14H15FN4O5S. The van der Waals surface area contributed by atoms with Crippen LogP contribution in [0.4, 0.5) is 10.1 Å². The Kier molecular flexibility index (Phi) is 5.07. The summed E-state index contributed by atoms with van der Waals surface area (Å²) in [5.41, 5.74) is -1.52. The molecule has 1 amide bonds. The molecule has 134 valence electrons. The van der Waals surface area contributed by atoms with Gasteiger partial charge in [0.15, 0.2) is 0 Å². The molecule has 0 saturated heterocycles. The lowest BCUT2D eigenvalue weighted by Crippen LogP contribution is -2.33. The fraction of sp³-hybridized carbons (Fsp3) is 0.214. The molecule has 0 spiro atoms. The number of rotatable bonds is 5. The molecule has 25 heavy (non-hydrogen) atoms. The summed E-state index contributed by atoms with van der Waals surface area (Å²) in [5, 5.41) is 2.38. The van der Waals surface area contributed by atoms with Crippen molar-refractivity contribution in [2.45, 2.75) is 6.54 Å². The van der Waals surface area contributed by atoms with Crippen LogP contribution in [-0.4, -0.2) is 30.1 Å². The van der Waals surface area contributed by atoms with E-state index in [-0.39, 0.29) is 23.4 Å². The summed E-state index contributed by atoms with van der Waals surface area (Å²) in [6, 6.07) is 2.99. The smallest absolute Gasteiger partial charge is 0.328 e. The zero-order chi connectivity index (χ0) is 18.8. The molecule has 0 bridgehead atoms. The van der Waals surface area contributed by atoms with Crippen molar-refractivity contribution < 1.29 is 17.6 Å². The Labute approximate surface area is 141 Å². The van der Waals surface area contributed by atoms with Gasteiger partial charge in [-0.1, -0.05) is 0 Å². The van der Waals surface area contributed by atoms with Crippen LogP contribution in [0.2, 0.25) is 0 Å². The van der Waals surface area contributed by atoms with Gasteiger partial charge in [0.1, 0.15) is 5.82 Å². The number of aromatic nitrogens is 2. The van der Waals surface area contributed by atoms with E-state index < -0.39 is 33.0 Å². The number of carbonyl (C=O) groups excluding carboxylic acids is 1. The van der Waals surface area contributed by atoms with E-state index >= 15 is 0 Å². The summed E-state index contributed by atoms with van der Waals surface area (Å²) in [7, 11) is -2.25. The number of benzene rings is 1. The van der Waals surface area contributed by atoms with Crippen molar-refractivity contribution in [2.75, 3.05) is 11.0 Å². The molecule has 1 aromatic carbocycles. The molecular weight excluding hydrogens is 355 g/mol. The molecule has 1 aromatic heterocycles. The number of aromatic amines is 1. The van der Waals surface area contributed by atoms with Crippen LogP contribution in [-0.2, 0) is 23.6 Å². The van der Waals surface area contributed by atoms with Crippen molar-refractivity contribution in [3.05, 3.63) is 62.2 Å². The molecule has 0 fully saturated rings. The first-order chi connectivity index (χ1) is 11.6. The Morgan fingerprint density at radius 3 is 2.64 bits per heavy atom. The third-order valence-electron chi connectivity index (χ3n) is 3.14. The average Bonchev–Trinajstić information content (AvgIpc) is 2.49. The van der Waals surface area contributed by atoms with Gasteiger partial charge < -0.3 is 9.88 Å². The first kappa shape index (κ1) is 18.4. The highest BCUT2D eigenvalue weighted by Gasteiger charge is 2.16. The maximum atomic E-state index is 13.4. The van der Waals surface area contributed by atoms with Gasteiger partial charge in [0.05, 0.1) is 23.1 Å². The molecule has 0 radical (unpaired) electrons. The van der Waals surface area contributed by atoms with Gasteiger partial charge >= 0.3 is 5.69 Å². The summed E-state index contributed by atoms with van der Waals surface area (Å²) in [6.45, 7) is -0.239. The van der Waals surface area contributed by atoms with Crippen molar-refractivity contribution >= 4 is 21.6 Å². The third kappa shape index (κ3) is 4.76. The number of hydrogen-bond donors (Lipinski definition) is 3. The molecule has 0 aliphatic carbocycles. The lowest BCUT2D eigenvalue weighted by Gasteiger charge is -2.11. The number of halogens is 1. The molecule has 11 heteroatoms. The van der Waals surface area contributed by atoms with Gasteiger partial charge in [-0.2, -0.15) is 0 Å². The Balaban J connectivity index is 2.27. The lowest BCUT2D eigenvalue weighted by molar-refractivity contribution is 0.0951. The standard InChI is InChI=1S/C14H15FN4O5S/c1-19-7-8(12(20)17-14(19)22)6-16-13(21)10-5-9(15)3-4-11(10)18-25(2,23)24/h3-5,7,18H,6H2,1-2H3,(H,16,21)(H,17,20,22). The summed E-state index contributed by atoms with van der Waals surface area (Å²) >= 11 is 0. The second kappa shape index (κ2) is 6.89. The topological polar surface area (TPSA) is 130 Å². The van der Waals surface area contributed by atoms with Gasteiger partial charge in [-0.05, 0) is 18.2 Å². The number of nitrogens with zero attached hydrogens (tertiary/aromatic N) is 1. The van der Waals surface area contributed by atoms with Gasteiger partial charge in [0, 0.05) is 19.8 Å². The molecule has 0 saturated carbocycles. The highest BCUT2D eigenvalue weighted by molar-refractivity contribution is 7.92. The van der Waals surface area contributed by atoms with Crippen molar-refractivity contribution in [3.8, 4) is 0 Å². The first-order valence-electron chi connectivity index (χ1n) is 6.91. The van der Waals surface area contributed by atoms with Gasteiger partial charge in [0.25, 0.3) is 11.5 Å². The summed E-state index contributed by atoms with van der Waals surface area (Å²) < 4.78 is 39.3.